The van der Waals surface area contributed by atoms with Gasteiger partial charge in [-0.3, -0.25) is 14.5 Å². The molecule has 1 N–H and O–H groups in total. The van der Waals surface area contributed by atoms with E-state index in [1.54, 1.807) is 20.1 Å². The molecular weight excluding hydrogens is 314 g/mol. The second-order valence-corrected chi connectivity index (χ2v) is 6.79. The van der Waals surface area contributed by atoms with Gasteiger partial charge in [-0.1, -0.05) is 6.07 Å². The standard InChI is InChI=1S/C16H25N3O3S/c1-12(11-22-3)18-6-8-19(9-7-18)16(21)13(2)17-15(20)14-5-4-10-23-14/h4-5,10,12-13H,6-9,11H2,1-3H3,(H,17,20)/t12-,13-/m0/s1. The summed E-state index contributed by atoms with van der Waals surface area (Å²) in [6.07, 6.45) is 0. The SMILES string of the molecule is COC[C@H](C)N1CCN(C(=O)[C@H](C)NC(=O)c2cccs2)CC1. The molecule has 23 heavy (non-hydrogen) atoms. The van der Waals surface area contributed by atoms with Crippen molar-refractivity contribution in [1.29, 1.82) is 0 Å². The number of hydrogen-bond donors (Lipinski definition) is 1. The van der Waals surface area contributed by atoms with E-state index in [1.807, 2.05) is 16.3 Å². The van der Waals surface area contributed by atoms with Crippen LogP contribution in [0.25, 0.3) is 0 Å². The van der Waals surface area contributed by atoms with Gasteiger partial charge in [0.1, 0.15) is 6.04 Å². The zero-order valence-corrected chi connectivity index (χ0v) is 14.8. The van der Waals surface area contributed by atoms with Crippen LogP contribution < -0.4 is 5.32 Å². The summed E-state index contributed by atoms with van der Waals surface area (Å²) in [5.41, 5.74) is 0. The highest BCUT2D eigenvalue weighted by atomic mass is 32.1. The van der Waals surface area contributed by atoms with Gasteiger partial charge in [-0.15, -0.1) is 11.3 Å². The van der Waals surface area contributed by atoms with E-state index < -0.39 is 6.04 Å². The molecule has 2 rings (SSSR count). The Kier molecular flexibility index (Phi) is 6.56. The molecular formula is C16H25N3O3S. The van der Waals surface area contributed by atoms with Crippen molar-refractivity contribution in [1.82, 2.24) is 15.1 Å². The predicted octanol–water partition coefficient (Wildman–Crippen LogP) is 1.05. The normalized spacial score (nSPS) is 18.5. The summed E-state index contributed by atoms with van der Waals surface area (Å²) in [7, 11) is 1.70. The van der Waals surface area contributed by atoms with Crippen LogP contribution in [0.5, 0.6) is 0 Å². The second kappa shape index (κ2) is 8.42. The molecule has 1 fully saturated rings. The number of amides is 2. The van der Waals surface area contributed by atoms with Crippen molar-refractivity contribution in [2.45, 2.75) is 25.9 Å². The number of piperazine rings is 1. The van der Waals surface area contributed by atoms with E-state index in [-0.39, 0.29) is 11.8 Å². The molecule has 0 bridgehead atoms. The first-order valence-corrected chi connectivity index (χ1v) is 8.77. The van der Waals surface area contributed by atoms with Gasteiger partial charge in [0.15, 0.2) is 0 Å². The maximum atomic E-state index is 12.5. The molecule has 0 aromatic carbocycles. The largest absolute Gasteiger partial charge is 0.383 e. The number of rotatable bonds is 6. The Hall–Kier alpha value is -1.44. The Labute approximate surface area is 141 Å². The Morgan fingerprint density at radius 3 is 2.57 bits per heavy atom. The summed E-state index contributed by atoms with van der Waals surface area (Å²) in [5, 5.41) is 4.63. The number of nitrogens with zero attached hydrogens (tertiary/aromatic N) is 2. The summed E-state index contributed by atoms with van der Waals surface area (Å²) in [5.74, 6) is -0.206. The fourth-order valence-electron chi connectivity index (χ4n) is 2.74. The van der Waals surface area contributed by atoms with Crippen LogP contribution in [0.3, 0.4) is 0 Å². The summed E-state index contributed by atoms with van der Waals surface area (Å²) in [4.78, 5) is 29.3. The molecule has 128 valence electrons. The smallest absolute Gasteiger partial charge is 0.261 e. The van der Waals surface area contributed by atoms with Crippen LogP contribution in [0.2, 0.25) is 0 Å². The summed E-state index contributed by atoms with van der Waals surface area (Å²) >= 11 is 1.37. The summed E-state index contributed by atoms with van der Waals surface area (Å²) < 4.78 is 5.18. The predicted molar refractivity (Wildman–Crippen MR) is 90.7 cm³/mol. The van der Waals surface area contributed by atoms with Crippen molar-refractivity contribution >= 4 is 23.2 Å². The van der Waals surface area contributed by atoms with Crippen LogP contribution in [0.1, 0.15) is 23.5 Å². The number of carbonyl (C=O) groups excluding carboxylic acids is 2. The van der Waals surface area contributed by atoms with Crippen LogP contribution >= 0.6 is 11.3 Å². The first-order valence-electron chi connectivity index (χ1n) is 7.89. The van der Waals surface area contributed by atoms with Gasteiger partial charge < -0.3 is 15.0 Å². The molecule has 1 aromatic rings. The van der Waals surface area contributed by atoms with Gasteiger partial charge in [0.2, 0.25) is 5.91 Å². The van der Waals surface area contributed by atoms with E-state index in [9.17, 15) is 9.59 Å². The molecule has 1 saturated heterocycles. The Morgan fingerprint density at radius 2 is 2.00 bits per heavy atom. The summed E-state index contributed by atoms with van der Waals surface area (Å²) in [6, 6.07) is 3.43. The third-order valence-corrected chi connectivity index (χ3v) is 4.99. The Morgan fingerprint density at radius 1 is 1.30 bits per heavy atom. The number of methoxy groups -OCH3 is 1. The van der Waals surface area contributed by atoms with Crippen molar-refractivity contribution in [2.24, 2.45) is 0 Å². The van der Waals surface area contributed by atoms with Crippen molar-refractivity contribution < 1.29 is 14.3 Å². The van der Waals surface area contributed by atoms with Gasteiger partial charge >= 0.3 is 0 Å². The number of ether oxygens (including phenoxy) is 1. The van der Waals surface area contributed by atoms with Crippen LogP contribution in [-0.2, 0) is 9.53 Å². The molecule has 0 aliphatic carbocycles. The quantitative estimate of drug-likeness (QED) is 0.841. The molecule has 6 nitrogen and oxygen atoms in total. The van der Waals surface area contributed by atoms with E-state index in [0.29, 0.717) is 30.6 Å². The highest BCUT2D eigenvalue weighted by molar-refractivity contribution is 7.12. The second-order valence-electron chi connectivity index (χ2n) is 5.84. The highest BCUT2D eigenvalue weighted by Crippen LogP contribution is 2.10. The third kappa shape index (κ3) is 4.76. The third-order valence-electron chi connectivity index (χ3n) is 4.12. The van der Waals surface area contributed by atoms with Gasteiger partial charge in [0.25, 0.3) is 5.91 Å². The fraction of sp³-hybridized carbons (Fsp3) is 0.625. The van der Waals surface area contributed by atoms with Crippen LogP contribution in [0, 0.1) is 0 Å². The Bertz CT molecular complexity index is 513. The lowest BCUT2D eigenvalue weighted by Crippen LogP contribution is -2.56. The van der Waals surface area contributed by atoms with Crippen LogP contribution in [0.4, 0.5) is 0 Å². The minimum atomic E-state index is -0.507. The van der Waals surface area contributed by atoms with E-state index in [1.165, 1.54) is 11.3 Å². The maximum Gasteiger partial charge on any atom is 0.261 e. The molecule has 0 unspecified atom stereocenters. The van der Waals surface area contributed by atoms with Crippen LogP contribution in [-0.4, -0.2) is 73.6 Å². The van der Waals surface area contributed by atoms with Crippen molar-refractivity contribution in [3.05, 3.63) is 22.4 Å². The van der Waals surface area contributed by atoms with Gasteiger partial charge in [-0.25, -0.2) is 0 Å². The van der Waals surface area contributed by atoms with E-state index in [4.69, 9.17) is 4.74 Å². The minimum Gasteiger partial charge on any atom is -0.383 e. The van der Waals surface area contributed by atoms with Gasteiger partial charge in [-0.2, -0.15) is 0 Å². The van der Waals surface area contributed by atoms with Gasteiger partial charge in [0.05, 0.1) is 11.5 Å². The number of nitrogens with one attached hydrogen (secondary N) is 1. The first kappa shape index (κ1) is 17.9. The summed E-state index contributed by atoms with van der Waals surface area (Å²) in [6.45, 7) is 7.61. The molecule has 1 aromatic heterocycles. The lowest BCUT2D eigenvalue weighted by Gasteiger charge is -2.38. The molecule has 2 heterocycles. The fourth-order valence-corrected chi connectivity index (χ4v) is 3.37. The number of thiophene rings is 1. The van der Waals surface area contributed by atoms with E-state index in [0.717, 1.165) is 13.1 Å². The lowest BCUT2D eigenvalue weighted by molar-refractivity contribution is -0.135. The lowest BCUT2D eigenvalue weighted by atomic mass is 10.2. The zero-order valence-electron chi connectivity index (χ0n) is 13.9. The van der Waals surface area contributed by atoms with Crippen molar-refractivity contribution in [3.63, 3.8) is 0 Å². The van der Waals surface area contributed by atoms with E-state index in [2.05, 4.69) is 17.1 Å². The zero-order chi connectivity index (χ0) is 16.8. The van der Waals surface area contributed by atoms with Crippen molar-refractivity contribution in [3.8, 4) is 0 Å². The topological polar surface area (TPSA) is 61.9 Å². The first-order chi connectivity index (χ1) is 11.0. The Balaban J connectivity index is 1.81. The molecule has 1 aliphatic heterocycles. The van der Waals surface area contributed by atoms with Crippen LogP contribution in [0.15, 0.2) is 17.5 Å². The maximum absolute atomic E-state index is 12.5. The number of carbonyl (C=O) groups is 2. The monoisotopic (exact) mass is 339 g/mol. The van der Waals surface area contributed by atoms with Crippen molar-refractivity contribution in [2.75, 3.05) is 39.9 Å². The molecule has 1 aliphatic rings. The number of hydrogen-bond acceptors (Lipinski definition) is 5. The molecule has 0 saturated carbocycles. The molecule has 0 spiro atoms. The highest BCUT2D eigenvalue weighted by Gasteiger charge is 2.27. The molecule has 2 atom stereocenters. The molecule has 0 radical (unpaired) electrons. The minimum absolute atomic E-state index is 0.0195. The van der Waals surface area contributed by atoms with E-state index >= 15 is 0 Å². The average Bonchev–Trinajstić information content (AvgIpc) is 3.09. The average molecular weight is 339 g/mol. The van der Waals surface area contributed by atoms with Gasteiger partial charge in [0, 0.05) is 39.3 Å². The molecule has 2 amide bonds. The van der Waals surface area contributed by atoms with Gasteiger partial charge in [-0.05, 0) is 25.3 Å². The molecule has 7 heteroatoms.